The molecule has 2 heterocycles. The van der Waals surface area contributed by atoms with Gasteiger partial charge in [0.25, 0.3) is 0 Å². The van der Waals surface area contributed by atoms with E-state index in [1.807, 2.05) is 6.07 Å². The van der Waals surface area contributed by atoms with Crippen LogP contribution >= 0.6 is 11.6 Å². The minimum Gasteiger partial charge on any atom is -0.448 e. The number of nitrogens with one attached hydrogen (secondary N) is 1. The average molecular weight is 197 g/mol. The van der Waals surface area contributed by atoms with Crippen LogP contribution in [0.15, 0.2) is 16.5 Å². The van der Waals surface area contributed by atoms with Gasteiger partial charge in [0.05, 0.1) is 18.0 Å². The van der Waals surface area contributed by atoms with Crippen LogP contribution in [0.3, 0.4) is 0 Å². The summed E-state index contributed by atoms with van der Waals surface area (Å²) in [7, 11) is 0. The number of nitriles is 1. The molecule has 0 aliphatic carbocycles. The predicted octanol–water partition coefficient (Wildman–Crippen LogP) is 2.11. The van der Waals surface area contributed by atoms with Gasteiger partial charge in [0.15, 0.2) is 5.22 Å². The molecule has 1 fully saturated rings. The normalized spacial score (nSPS) is 27.4. The Kier molecular flexibility index (Phi) is 2.26. The molecule has 13 heavy (non-hydrogen) atoms. The smallest absolute Gasteiger partial charge is 0.193 e. The van der Waals surface area contributed by atoms with Gasteiger partial charge in [0, 0.05) is 6.54 Å². The molecule has 4 heteroatoms. The zero-order valence-electron chi connectivity index (χ0n) is 6.96. The van der Waals surface area contributed by atoms with Gasteiger partial charge in [-0.1, -0.05) is 0 Å². The van der Waals surface area contributed by atoms with Crippen molar-refractivity contribution in [3.05, 3.63) is 23.1 Å². The zero-order chi connectivity index (χ0) is 9.26. The third kappa shape index (κ3) is 1.69. The monoisotopic (exact) mass is 196 g/mol. The Hall–Kier alpha value is -0.980. The molecule has 2 rings (SSSR count). The largest absolute Gasteiger partial charge is 0.448 e. The molecule has 0 spiro atoms. The van der Waals surface area contributed by atoms with Crippen molar-refractivity contribution < 1.29 is 4.42 Å². The summed E-state index contributed by atoms with van der Waals surface area (Å²) in [4.78, 5) is 0. The maximum Gasteiger partial charge on any atom is 0.193 e. The Balaban J connectivity index is 2.09. The number of furan rings is 1. The Morgan fingerprint density at radius 2 is 2.46 bits per heavy atom. The maximum absolute atomic E-state index is 8.69. The molecule has 1 aliphatic heterocycles. The summed E-state index contributed by atoms with van der Waals surface area (Å²) in [6.07, 6.45) is 0.806. The van der Waals surface area contributed by atoms with Gasteiger partial charge < -0.3 is 9.73 Å². The highest BCUT2D eigenvalue weighted by Crippen LogP contribution is 2.29. The van der Waals surface area contributed by atoms with Gasteiger partial charge in [-0.2, -0.15) is 5.26 Å². The van der Waals surface area contributed by atoms with Gasteiger partial charge in [0.2, 0.25) is 0 Å². The van der Waals surface area contributed by atoms with E-state index in [-0.39, 0.29) is 12.0 Å². The molecule has 0 aromatic carbocycles. The van der Waals surface area contributed by atoms with Crippen LogP contribution in [0.4, 0.5) is 0 Å². The van der Waals surface area contributed by atoms with Crippen molar-refractivity contribution in [1.82, 2.24) is 5.32 Å². The highest BCUT2D eigenvalue weighted by Gasteiger charge is 2.26. The van der Waals surface area contributed by atoms with Crippen LogP contribution < -0.4 is 5.32 Å². The van der Waals surface area contributed by atoms with Crippen LogP contribution in [-0.4, -0.2) is 6.54 Å². The van der Waals surface area contributed by atoms with Crippen molar-refractivity contribution in [3.8, 4) is 6.07 Å². The van der Waals surface area contributed by atoms with Gasteiger partial charge in [-0.3, -0.25) is 0 Å². The Morgan fingerprint density at radius 3 is 3.00 bits per heavy atom. The molecular formula is C9H9ClN2O. The van der Waals surface area contributed by atoms with Crippen LogP contribution in [0.2, 0.25) is 5.22 Å². The number of rotatable bonds is 1. The third-order valence-corrected chi connectivity index (χ3v) is 2.45. The number of halogens is 1. The van der Waals surface area contributed by atoms with E-state index in [0.717, 1.165) is 18.7 Å². The first-order valence-electron chi connectivity index (χ1n) is 4.18. The fourth-order valence-electron chi connectivity index (χ4n) is 1.57. The van der Waals surface area contributed by atoms with E-state index in [9.17, 15) is 0 Å². The number of hydrogen-bond donors (Lipinski definition) is 1. The van der Waals surface area contributed by atoms with E-state index in [2.05, 4.69) is 11.4 Å². The van der Waals surface area contributed by atoms with Gasteiger partial charge in [0.1, 0.15) is 5.76 Å². The lowest BCUT2D eigenvalue weighted by molar-refractivity contribution is 0.444. The Morgan fingerprint density at radius 1 is 1.62 bits per heavy atom. The fourth-order valence-corrected chi connectivity index (χ4v) is 1.72. The second-order valence-electron chi connectivity index (χ2n) is 3.16. The van der Waals surface area contributed by atoms with Crippen molar-refractivity contribution in [2.45, 2.75) is 12.5 Å². The van der Waals surface area contributed by atoms with E-state index in [1.54, 1.807) is 6.07 Å². The Bertz CT molecular complexity index is 342. The number of hydrogen-bond acceptors (Lipinski definition) is 3. The Labute approximate surface area is 81.3 Å². The second kappa shape index (κ2) is 3.41. The third-order valence-electron chi connectivity index (χ3n) is 2.25. The quantitative estimate of drug-likeness (QED) is 0.749. The van der Waals surface area contributed by atoms with E-state index < -0.39 is 0 Å². The topological polar surface area (TPSA) is 49.0 Å². The maximum atomic E-state index is 8.69. The highest BCUT2D eigenvalue weighted by atomic mass is 35.5. The highest BCUT2D eigenvalue weighted by molar-refractivity contribution is 6.28. The standard InChI is InChI=1S/C9H9ClN2O/c10-9-2-1-8(13-9)7-3-6(4-11)5-12-7/h1-2,6-7,12H,3,5H2. The van der Waals surface area contributed by atoms with Crippen LogP contribution in [0, 0.1) is 17.2 Å². The summed E-state index contributed by atoms with van der Waals surface area (Å²) >= 11 is 5.65. The molecule has 1 aliphatic rings. The summed E-state index contributed by atoms with van der Waals surface area (Å²) < 4.78 is 5.25. The first-order chi connectivity index (χ1) is 6.29. The lowest BCUT2D eigenvalue weighted by atomic mass is 10.1. The van der Waals surface area contributed by atoms with Gasteiger partial charge in [-0.15, -0.1) is 0 Å². The van der Waals surface area contributed by atoms with E-state index >= 15 is 0 Å². The van der Waals surface area contributed by atoms with Gasteiger partial charge in [-0.05, 0) is 30.2 Å². The second-order valence-corrected chi connectivity index (χ2v) is 3.54. The minimum absolute atomic E-state index is 0.0916. The number of nitrogens with zero attached hydrogens (tertiary/aromatic N) is 1. The first kappa shape index (κ1) is 8.61. The fraction of sp³-hybridized carbons (Fsp3) is 0.444. The summed E-state index contributed by atoms with van der Waals surface area (Å²) in [5.74, 6) is 0.914. The molecule has 2 atom stereocenters. The van der Waals surface area contributed by atoms with Crippen molar-refractivity contribution in [3.63, 3.8) is 0 Å². The molecule has 3 nitrogen and oxygen atoms in total. The molecule has 1 aromatic heterocycles. The predicted molar refractivity (Wildman–Crippen MR) is 48.2 cm³/mol. The SMILES string of the molecule is N#CC1CNC(c2ccc(Cl)o2)C1. The summed E-state index contributed by atoms with van der Waals surface area (Å²) in [5, 5.41) is 12.3. The molecule has 0 amide bonds. The molecular weight excluding hydrogens is 188 g/mol. The van der Waals surface area contributed by atoms with Gasteiger partial charge >= 0.3 is 0 Å². The van der Waals surface area contributed by atoms with E-state index in [0.29, 0.717) is 5.22 Å². The van der Waals surface area contributed by atoms with Crippen molar-refractivity contribution in [2.24, 2.45) is 5.92 Å². The molecule has 68 valence electrons. The zero-order valence-corrected chi connectivity index (χ0v) is 7.71. The van der Waals surface area contributed by atoms with Crippen molar-refractivity contribution in [1.29, 1.82) is 5.26 Å². The average Bonchev–Trinajstić information content (AvgIpc) is 2.71. The van der Waals surface area contributed by atoms with Crippen LogP contribution in [0.25, 0.3) is 0 Å². The molecule has 0 saturated carbocycles. The van der Waals surface area contributed by atoms with Crippen LogP contribution in [-0.2, 0) is 0 Å². The van der Waals surface area contributed by atoms with Crippen LogP contribution in [0.1, 0.15) is 18.2 Å². The lowest BCUT2D eigenvalue weighted by Gasteiger charge is -2.04. The van der Waals surface area contributed by atoms with Gasteiger partial charge in [-0.25, -0.2) is 0 Å². The summed E-state index contributed by atoms with van der Waals surface area (Å²) in [5.41, 5.74) is 0. The molecule has 2 unspecified atom stereocenters. The summed E-state index contributed by atoms with van der Waals surface area (Å²) in [6, 6.07) is 5.95. The molecule has 1 saturated heterocycles. The van der Waals surface area contributed by atoms with Crippen LogP contribution in [0.5, 0.6) is 0 Å². The van der Waals surface area contributed by atoms with E-state index in [4.69, 9.17) is 21.3 Å². The minimum atomic E-state index is 0.0916. The lowest BCUT2D eigenvalue weighted by Crippen LogP contribution is -2.12. The van der Waals surface area contributed by atoms with Crippen molar-refractivity contribution >= 4 is 11.6 Å². The van der Waals surface area contributed by atoms with Crippen molar-refractivity contribution in [2.75, 3.05) is 6.54 Å². The first-order valence-corrected chi connectivity index (χ1v) is 4.55. The molecule has 1 N–H and O–H groups in total. The molecule has 1 aromatic rings. The molecule has 0 bridgehead atoms. The van der Waals surface area contributed by atoms with E-state index in [1.165, 1.54) is 0 Å². The summed E-state index contributed by atoms with van der Waals surface area (Å²) in [6.45, 7) is 0.736. The molecule has 0 radical (unpaired) electrons.